The van der Waals surface area contributed by atoms with Gasteiger partial charge in [0.25, 0.3) is 0 Å². The second-order valence-corrected chi connectivity index (χ2v) is 5.70. The highest BCUT2D eigenvalue weighted by atomic mass is 35.5. The van der Waals surface area contributed by atoms with Crippen molar-refractivity contribution in [3.05, 3.63) is 52.8 Å². The third kappa shape index (κ3) is 3.87. The van der Waals surface area contributed by atoms with Crippen molar-refractivity contribution in [1.82, 2.24) is 0 Å². The van der Waals surface area contributed by atoms with Crippen LogP contribution in [-0.4, -0.2) is 4.99 Å². The maximum absolute atomic E-state index is 8.88. The Kier molecular flexibility index (Phi) is 4.85. The van der Waals surface area contributed by atoms with E-state index in [-0.39, 0.29) is 10.6 Å². The van der Waals surface area contributed by atoms with Gasteiger partial charge in [0, 0.05) is 16.0 Å². The highest BCUT2D eigenvalue weighted by Gasteiger charge is 2.05. The van der Waals surface area contributed by atoms with Crippen LogP contribution in [0.15, 0.2) is 56.4 Å². The fourth-order valence-corrected chi connectivity index (χ4v) is 2.40. The lowest BCUT2D eigenvalue weighted by Gasteiger charge is -1.97. The van der Waals surface area contributed by atoms with Crippen LogP contribution in [0.25, 0.3) is 6.08 Å². The summed E-state index contributed by atoms with van der Waals surface area (Å²) in [5.41, 5.74) is 5.64. The standard InChI is InChI=1S/C14H9ClN2OS2/c15-10-1-4-12(5-2-10)20-13-6-3-11(18-13)7-9(8-16)14(17)19/h1-7H,(H2,17,19)/b9-7-. The number of nitrogens with two attached hydrogens (primary N) is 1. The summed E-state index contributed by atoms with van der Waals surface area (Å²) in [6.45, 7) is 0. The van der Waals surface area contributed by atoms with Crippen LogP contribution in [0.5, 0.6) is 0 Å². The third-order valence-corrected chi connectivity index (χ3v) is 3.71. The lowest BCUT2D eigenvalue weighted by molar-refractivity contribution is 0.466. The van der Waals surface area contributed by atoms with E-state index in [9.17, 15) is 0 Å². The molecule has 3 nitrogen and oxygen atoms in total. The molecule has 2 aromatic rings. The summed E-state index contributed by atoms with van der Waals surface area (Å²) >= 11 is 12.1. The molecular formula is C14H9ClN2OS2. The van der Waals surface area contributed by atoms with Crippen molar-refractivity contribution in [2.75, 3.05) is 0 Å². The van der Waals surface area contributed by atoms with Crippen molar-refractivity contribution in [1.29, 1.82) is 5.26 Å². The molecule has 1 heterocycles. The Bertz CT molecular complexity index is 699. The highest BCUT2D eigenvalue weighted by Crippen LogP contribution is 2.30. The van der Waals surface area contributed by atoms with E-state index >= 15 is 0 Å². The summed E-state index contributed by atoms with van der Waals surface area (Å²) < 4.78 is 5.59. The normalized spacial score (nSPS) is 11.1. The molecule has 6 heteroatoms. The van der Waals surface area contributed by atoms with Gasteiger partial charge in [0.05, 0.1) is 5.57 Å². The fourth-order valence-electron chi connectivity index (χ4n) is 1.39. The maximum Gasteiger partial charge on any atom is 0.165 e. The maximum atomic E-state index is 8.88. The van der Waals surface area contributed by atoms with Gasteiger partial charge < -0.3 is 10.2 Å². The van der Waals surface area contributed by atoms with E-state index in [0.29, 0.717) is 15.9 Å². The van der Waals surface area contributed by atoms with Crippen molar-refractivity contribution in [3.8, 4) is 6.07 Å². The minimum atomic E-state index is 0.0517. The summed E-state index contributed by atoms with van der Waals surface area (Å²) in [7, 11) is 0. The van der Waals surface area contributed by atoms with Crippen LogP contribution in [-0.2, 0) is 0 Å². The zero-order chi connectivity index (χ0) is 14.5. The van der Waals surface area contributed by atoms with Gasteiger partial charge in [0.1, 0.15) is 16.8 Å². The molecule has 0 aliphatic heterocycles. The van der Waals surface area contributed by atoms with Crippen molar-refractivity contribution in [3.63, 3.8) is 0 Å². The number of hydrogen-bond donors (Lipinski definition) is 1. The average Bonchev–Trinajstić information content (AvgIpc) is 2.86. The lowest BCUT2D eigenvalue weighted by atomic mass is 10.2. The third-order valence-electron chi connectivity index (χ3n) is 2.31. The molecule has 0 saturated carbocycles. The summed E-state index contributed by atoms with van der Waals surface area (Å²) in [5, 5.41) is 10.3. The molecule has 1 aromatic carbocycles. The number of hydrogen-bond acceptors (Lipinski definition) is 4. The number of benzene rings is 1. The quantitative estimate of drug-likeness (QED) is 0.517. The van der Waals surface area contributed by atoms with Gasteiger partial charge in [-0.05, 0) is 36.4 Å². The largest absolute Gasteiger partial charge is 0.450 e. The van der Waals surface area contributed by atoms with Crippen LogP contribution in [0.2, 0.25) is 5.02 Å². The Morgan fingerprint density at radius 2 is 2.00 bits per heavy atom. The van der Waals surface area contributed by atoms with Crippen LogP contribution in [0, 0.1) is 11.3 Å². The van der Waals surface area contributed by atoms with Crippen LogP contribution in [0.1, 0.15) is 5.76 Å². The van der Waals surface area contributed by atoms with Crippen molar-refractivity contribution in [2.24, 2.45) is 5.73 Å². The van der Waals surface area contributed by atoms with Crippen molar-refractivity contribution < 1.29 is 4.42 Å². The Labute approximate surface area is 131 Å². The number of thiocarbonyl (C=S) groups is 1. The molecule has 0 atom stereocenters. The molecule has 2 N–H and O–H groups in total. The van der Waals surface area contributed by atoms with E-state index < -0.39 is 0 Å². The predicted octanol–water partition coefficient (Wildman–Crippen LogP) is 4.28. The Balaban J connectivity index is 2.15. The molecule has 0 amide bonds. The SMILES string of the molecule is N#C/C(=C/c1ccc(Sc2ccc(Cl)cc2)o1)C(N)=S. The molecule has 0 bridgehead atoms. The minimum Gasteiger partial charge on any atom is -0.450 e. The molecule has 1 aromatic heterocycles. The van der Waals surface area contributed by atoms with Crippen molar-refractivity contribution in [2.45, 2.75) is 9.99 Å². The first kappa shape index (κ1) is 14.7. The molecule has 100 valence electrons. The second-order valence-electron chi connectivity index (χ2n) is 3.75. The summed E-state index contributed by atoms with van der Waals surface area (Å²) in [6.07, 6.45) is 1.52. The Morgan fingerprint density at radius 3 is 2.60 bits per heavy atom. The van der Waals surface area contributed by atoms with Crippen LogP contribution >= 0.6 is 35.6 Å². The number of halogens is 1. The van der Waals surface area contributed by atoms with Gasteiger partial charge >= 0.3 is 0 Å². The molecule has 0 fully saturated rings. The molecule has 0 radical (unpaired) electrons. The van der Waals surface area contributed by atoms with Crippen molar-refractivity contribution >= 4 is 46.6 Å². The molecular weight excluding hydrogens is 312 g/mol. The number of rotatable bonds is 4. The van der Waals surface area contributed by atoms with E-state index in [1.165, 1.54) is 17.8 Å². The summed E-state index contributed by atoms with van der Waals surface area (Å²) in [4.78, 5) is 1.06. The average molecular weight is 321 g/mol. The van der Waals surface area contributed by atoms with Crippen LogP contribution < -0.4 is 5.73 Å². The molecule has 0 aliphatic carbocycles. The van der Waals surface area contributed by atoms with Crippen LogP contribution in [0.3, 0.4) is 0 Å². The first-order valence-corrected chi connectivity index (χ1v) is 7.13. The number of furan rings is 1. The van der Waals surface area contributed by atoms with Gasteiger partial charge in [0.15, 0.2) is 5.09 Å². The first-order chi connectivity index (χ1) is 9.58. The van der Waals surface area contributed by atoms with Gasteiger partial charge in [-0.1, -0.05) is 35.6 Å². The molecule has 0 spiro atoms. The molecule has 0 unspecified atom stereocenters. The van der Waals surface area contributed by atoms with Gasteiger partial charge in [0.2, 0.25) is 0 Å². The molecule has 2 rings (SSSR count). The van der Waals surface area contributed by atoms with Crippen LogP contribution in [0.4, 0.5) is 0 Å². The molecule has 20 heavy (non-hydrogen) atoms. The van der Waals surface area contributed by atoms with E-state index in [0.717, 1.165) is 4.90 Å². The summed E-state index contributed by atoms with van der Waals surface area (Å²) in [6, 6.07) is 12.9. The lowest BCUT2D eigenvalue weighted by Crippen LogP contribution is -2.09. The highest BCUT2D eigenvalue weighted by molar-refractivity contribution is 7.99. The van der Waals surface area contributed by atoms with Gasteiger partial charge in [-0.3, -0.25) is 0 Å². The fraction of sp³-hybridized carbons (Fsp3) is 0. The number of nitrogens with zero attached hydrogens (tertiary/aromatic N) is 1. The first-order valence-electron chi connectivity index (χ1n) is 5.53. The van der Waals surface area contributed by atoms with E-state index in [1.807, 2.05) is 36.4 Å². The van der Waals surface area contributed by atoms with Gasteiger partial charge in [-0.2, -0.15) is 5.26 Å². The Morgan fingerprint density at radius 1 is 1.30 bits per heavy atom. The van der Waals surface area contributed by atoms with Gasteiger partial charge in [-0.25, -0.2) is 0 Å². The Hall–Kier alpha value is -1.74. The van der Waals surface area contributed by atoms with E-state index in [1.54, 1.807) is 6.07 Å². The molecule has 0 saturated heterocycles. The predicted molar refractivity (Wildman–Crippen MR) is 84.7 cm³/mol. The van der Waals surface area contributed by atoms with E-state index in [4.69, 9.17) is 39.2 Å². The van der Waals surface area contributed by atoms with E-state index in [2.05, 4.69) is 0 Å². The number of nitriles is 1. The second kappa shape index (κ2) is 6.62. The monoisotopic (exact) mass is 320 g/mol. The summed E-state index contributed by atoms with van der Waals surface area (Å²) in [5.74, 6) is 0.533. The van der Waals surface area contributed by atoms with Gasteiger partial charge in [-0.15, -0.1) is 0 Å². The zero-order valence-corrected chi connectivity index (χ0v) is 12.6. The zero-order valence-electron chi connectivity index (χ0n) is 10.2. The minimum absolute atomic E-state index is 0.0517. The molecule has 0 aliphatic rings. The smallest absolute Gasteiger partial charge is 0.165 e. The topological polar surface area (TPSA) is 63.0 Å².